The molecule has 8 heteroatoms. The summed E-state index contributed by atoms with van der Waals surface area (Å²) in [7, 11) is -3.70. The molecule has 1 amide bonds. The van der Waals surface area contributed by atoms with Gasteiger partial charge in [-0.1, -0.05) is 18.0 Å². The van der Waals surface area contributed by atoms with Crippen LogP contribution in [0.25, 0.3) is 0 Å². The van der Waals surface area contributed by atoms with Gasteiger partial charge in [0.1, 0.15) is 10.6 Å². The molecule has 0 atom stereocenters. The number of piperidine rings is 1. The molecule has 0 radical (unpaired) electrons. The molecule has 0 aliphatic carbocycles. The molecule has 1 heterocycles. The van der Waals surface area contributed by atoms with Crippen molar-refractivity contribution in [3.05, 3.63) is 53.1 Å². The molecule has 1 fully saturated rings. The second kappa shape index (κ2) is 8.94. The van der Waals surface area contributed by atoms with Gasteiger partial charge in [-0.05, 0) is 62.2 Å². The quantitative estimate of drug-likeness (QED) is 0.758. The molecule has 1 N–H and O–H groups in total. The lowest BCUT2D eigenvalue weighted by molar-refractivity contribution is 0.102. The summed E-state index contributed by atoms with van der Waals surface area (Å²) in [4.78, 5) is 12.5. The Kier molecular flexibility index (Phi) is 6.59. The standard InChI is InChI=1S/C20H23ClN2O4S/c1-2-27-18-11-10-17(22-20(24)15-6-8-16(21)9-7-15)14-19(18)28(25,26)23-12-4-3-5-13-23/h6-11,14H,2-5,12-13H2,1H3,(H,22,24). The summed E-state index contributed by atoms with van der Waals surface area (Å²) in [5, 5.41) is 3.28. The third-order valence-corrected chi connectivity index (χ3v) is 6.71. The summed E-state index contributed by atoms with van der Waals surface area (Å²) in [6.45, 7) is 3.14. The van der Waals surface area contributed by atoms with Gasteiger partial charge in [0.15, 0.2) is 0 Å². The van der Waals surface area contributed by atoms with Crippen LogP contribution in [0.4, 0.5) is 5.69 Å². The Morgan fingerprint density at radius 1 is 1.11 bits per heavy atom. The van der Waals surface area contributed by atoms with Gasteiger partial charge in [0.2, 0.25) is 10.0 Å². The van der Waals surface area contributed by atoms with Crippen LogP contribution in [-0.2, 0) is 10.0 Å². The third-order valence-electron chi connectivity index (χ3n) is 4.54. The van der Waals surface area contributed by atoms with Crippen molar-refractivity contribution >= 4 is 33.2 Å². The zero-order chi connectivity index (χ0) is 20.1. The van der Waals surface area contributed by atoms with E-state index in [1.165, 1.54) is 10.4 Å². The number of rotatable bonds is 6. The average molecular weight is 423 g/mol. The van der Waals surface area contributed by atoms with Crippen molar-refractivity contribution in [3.8, 4) is 5.75 Å². The van der Waals surface area contributed by atoms with E-state index in [2.05, 4.69) is 5.32 Å². The minimum Gasteiger partial charge on any atom is -0.492 e. The summed E-state index contributed by atoms with van der Waals surface area (Å²) in [6.07, 6.45) is 2.72. The number of sulfonamides is 1. The van der Waals surface area contributed by atoms with Crippen LogP contribution in [0.1, 0.15) is 36.5 Å². The molecule has 0 aromatic heterocycles. The fourth-order valence-electron chi connectivity index (χ4n) is 3.11. The first kappa shape index (κ1) is 20.6. The highest BCUT2D eigenvalue weighted by atomic mass is 35.5. The number of ether oxygens (including phenoxy) is 1. The third kappa shape index (κ3) is 4.66. The van der Waals surface area contributed by atoms with Crippen LogP contribution in [0.3, 0.4) is 0 Å². The Labute approximate surface area is 170 Å². The van der Waals surface area contributed by atoms with Gasteiger partial charge in [-0.3, -0.25) is 4.79 Å². The summed E-state index contributed by atoms with van der Waals surface area (Å²) >= 11 is 5.85. The smallest absolute Gasteiger partial charge is 0.255 e. The van der Waals surface area contributed by atoms with Crippen LogP contribution in [0.2, 0.25) is 5.02 Å². The molecular formula is C20H23ClN2O4S. The highest BCUT2D eigenvalue weighted by Crippen LogP contribution is 2.31. The van der Waals surface area contributed by atoms with Gasteiger partial charge in [-0.15, -0.1) is 0 Å². The first-order valence-electron chi connectivity index (χ1n) is 9.25. The van der Waals surface area contributed by atoms with Gasteiger partial charge >= 0.3 is 0 Å². The van der Waals surface area contributed by atoms with Crippen LogP contribution in [0.15, 0.2) is 47.4 Å². The van der Waals surface area contributed by atoms with E-state index in [1.54, 1.807) is 43.3 Å². The van der Waals surface area contributed by atoms with Crippen LogP contribution in [0.5, 0.6) is 5.75 Å². The number of carbonyl (C=O) groups is 1. The van der Waals surface area contributed by atoms with Crippen molar-refractivity contribution in [1.82, 2.24) is 4.31 Å². The second-order valence-corrected chi connectivity index (χ2v) is 8.86. The predicted octanol–water partition coefficient (Wildman–Crippen LogP) is 4.17. The van der Waals surface area contributed by atoms with Crippen LogP contribution < -0.4 is 10.1 Å². The van der Waals surface area contributed by atoms with E-state index in [9.17, 15) is 13.2 Å². The van der Waals surface area contributed by atoms with E-state index in [4.69, 9.17) is 16.3 Å². The number of benzene rings is 2. The molecule has 0 saturated carbocycles. The number of hydrogen-bond acceptors (Lipinski definition) is 4. The van der Waals surface area contributed by atoms with Crippen LogP contribution in [-0.4, -0.2) is 38.3 Å². The Morgan fingerprint density at radius 3 is 2.43 bits per heavy atom. The number of halogens is 1. The number of anilines is 1. The highest BCUT2D eigenvalue weighted by molar-refractivity contribution is 7.89. The molecule has 2 aromatic rings. The number of nitrogens with one attached hydrogen (secondary N) is 1. The predicted molar refractivity (Wildman–Crippen MR) is 110 cm³/mol. The van der Waals surface area contributed by atoms with Gasteiger partial charge in [-0.25, -0.2) is 8.42 Å². The number of hydrogen-bond donors (Lipinski definition) is 1. The van der Waals surface area contributed by atoms with Crippen molar-refractivity contribution in [1.29, 1.82) is 0 Å². The molecule has 1 aliphatic heterocycles. The normalized spacial score (nSPS) is 15.2. The number of carbonyl (C=O) groups excluding carboxylic acids is 1. The maximum Gasteiger partial charge on any atom is 0.255 e. The maximum atomic E-state index is 13.1. The van der Waals surface area contributed by atoms with Crippen LogP contribution in [0, 0.1) is 0 Å². The Bertz CT molecular complexity index is 939. The van der Waals surface area contributed by atoms with Crippen molar-refractivity contribution in [2.24, 2.45) is 0 Å². The molecule has 150 valence electrons. The maximum absolute atomic E-state index is 13.1. The highest BCUT2D eigenvalue weighted by Gasteiger charge is 2.29. The number of nitrogens with zero attached hydrogens (tertiary/aromatic N) is 1. The van der Waals surface area contributed by atoms with Gasteiger partial charge in [-0.2, -0.15) is 4.31 Å². The number of amides is 1. The Hall–Kier alpha value is -2.09. The Balaban J connectivity index is 1.90. The van der Waals surface area contributed by atoms with Crippen molar-refractivity contribution in [2.45, 2.75) is 31.1 Å². The van der Waals surface area contributed by atoms with E-state index in [0.717, 1.165) is 19.3 Å². The van der Waals surface area contributed by atoms with Gasteiger partial charge in [0.25, 0.3) is 5.91 Å². The lowest BCUT2D eigenvalue weighted by Crippen LogP contribution is -2.35. The fraction of sp³-hybridized carbons (Fsp3) is 0.350. The molecule has 2 aromatic carbocycles. The average Bonchev–Trinajstić information content (AvgIpc) is 2.70. The lowest BCUT2D eigenvalue weighted by atomic mass is 10.2. The first-order valence-corrected chi connectivity index (χ1v) is 11.1. The SMILES string of the molecule is CCOc1ccc(NC(=O)c2ccc(Cl)cc2)cc1S(=O)(=O)N1CCCCC1. The summed E-state index contributed by atoms with van der Waals surface area (Å²) < 4.78 is 33.3. The Morgan fingerprint density at radius 2 is 1.79 bits per heavy atom. The molecule has 0 unspecified atom stereocenters. The molecule has 0 bridgehead atoms. The van der Waals surface area contributed by atoms with E-state index < -0.39 is 10.0 Å². The van der Waals surface area contributed by atoms with Gasteiger partial charge < -0.3 is 10.1 Å². The minimum absolute atomic E-state index is 0.0742. The zero-order valence-electron chi connectivity index (χ0n) is 15.7. The van der Waals surface area contributed by atoms with Gasteiger partial charge in [0.05, 0.1) is 6.61 Å². The van der Waals surface area contributed by atoms with Crippen molar-refractivity contribution in [3.63, 3.8) is 0 Å². The molecule has 28 heavy (non-hydrogen) atoms. The molecule has 6 nitrogen and oxygen atoms in total. The van der Waals surface area contributed by atoms with Crippen molar-refractivity contribution < 1.29 is 17.9 Å². The largest absolute Gasteiger partial charge is 0.492 e. The topological polar surface area (TPSA) is 75.7 Å². The molecular weight excluding hydrogens is 400 g/mol. The fourth-order valence-corrected chi connectivity index (χ4v) is 4.91. The summed E-state index contributed by atoms with van der Waals surface area (Å²) in [5.74, 6) is -0.0558. The zero-order valence-corrected chi connectivity index (χ0v) is 17.2. The molecule has 0 spiro atoms. The molecule has 1 aliphatic rings. The van der Waals surface area contributed by atoms with E-state index in [0.29, 0.717) is 36.0 Å². The first-order chi connectivity index (χ1) is 13.4. The summed E-state index contributed by atoms with van der Waals surface area (Å²) in [5.41, 5.74) is 0.817. The monoisotopic (exact) mass is 422 g/mol. The van der Waals surface area contributed by atoms with Crippen LogP contribution >= 0.6 is 11.6 Å². The molecule has 3 rings (SSSR count). The van der Waals surface area contributed by atoms with Gasteiger partial charge in [0, 0.05) is 29.4 Å². The van der Waals surface area contributed by atoms with E-state index in [-0.39, 0.29) is 16.6 Å². The van der Waals surface area contributed by atoms with Crippen molar-refractivity contribution in [2.75, 3.05) is 25.0 Å². The van der Waals surface area contributed by atoms with E-state index >= 15 is 0 Å². The summed E-state index contributed by atoms with van der Waals surface area (Å²) in [6, 6.07) is 11.1. The second-order valence-electron chi connectivity index (χ2n) is 6.52. The molecule has 1 saturated heterocycles. The minimum atomic E-state index is -3.70. The van der Waals surface area contributed by atoms with E-state index in [1.807, 2.05) is 0 Å². The lowest BCUT2D eigenvalue weighted by Gasteiger charge is -2.27.